The van der Waals surface area contributed by atoms with E-state index in [0.717, 1.165) is 11.4 Å². The monoisotopic (exact) mass is 195 g/mol. The quantitative estimate of drug-likeness (QED) is 0.677. The third kappa shape index (κ3) is 1.59. The van der Waals surface area contributed by atoms with E-state index in [1.807, 2.05) is 12.1 Å². The van der Waals surface area contributed by atoms with Crippen LogP contribution in [0.3, 0.4) is 0 Å². The number of aryl methyl sites for hydroxylation is 1. The second-order valence-corrected chi connectivity index (χ2v) is 4.32. The summed E-state index contributed by atoms with van der Waals surface area (Å²) in [4.78, 5) is 0. The molecule has 1 aromatic carbocycles. The summed E-state index contributed by atoms with van der Waals surface area (Å²) >= 11 is 5.92. The highest BCUT2D eigenvalue weighted by molar-refractivity contribution is 6.30. The first-order valence-corrected chi connectivity index (χ1v) is 5.10. The van der Waals surface area contributed by atoms with Crippen molar-refractivity contribution < 1.29 is 0 Å². The van der Waals surface area contributed by atoms with Gasteiger partial charge in [-0.1, -0.05) is 24.6 Å². The summed E-state index contributed by atoms with van der Waals surface area (Å²) in [5, 5.41) is 0.820. The number of fused-ring (bicyclic) bond motifs is 1. The first kappa shape index (κ1) is 9.04. The fraction of sp³-hybridized carbons (Fsp3) is 0.455. The fourth-order valence-electron chi connectivity index (χ4n) is 1.99. The maximum Gasteiger partial charge on any atom is 0.0408 e. The van der Waals surface area contributed by atoms with Gasteiger partial charge in [-0.2, -0.15) is 0 Å². The Morgan fingerprint density at radius 2 is 2.23 bits per heavy atom. The van der Waals surface area contributed by atoms with E-state index in [-0.39, 0.29) is 6.04 Å². The van der Waals surface area contributed by atoms with Gasteiger partial charge in [-0.25, -0.2) is 0 Å². The van der Waals surface area contributed by atoms with E-state index in [9.17, 15) is 0 Å². The minimum Gasteiger partial charge on any atom is -0.324 e. The number of nitrogens with two attached hydrogens (primary N) is 1. The van der Waals surface area contributed by atoms with Gasteiger partial charge in [0.05, 0.1) is 0 Å². The molecule has 1 unspecified atom stereocenters. The zero-order valence-corrected chi connectivity index (χ0v) is 8.51. The Kier molecular flexibility index (Phi) is 2.31. The largest absolute Gasteiger partial charge is 0.324 e. The van der Waals surface area contributed by atoms with Crippen molar-refractivity contribution in [3.63, 3.8) is 0 Å². The summed E-state index contributed by atoms with van der Waals surface area (Å²) in [7, 11) is 0. The molecule has 0 heterocycles. The lowest BCUT2D eigenvalue weighted by atomic mass is 9.81. The summed E-state index contributed by atoms with van der Waals surface area (Å²) in [6.45, 7) is 2.21. The van der Waals surface area contributed by atoms with Crippen LogP contribution in [0.1, 0.15) is 30.5 Å². The molecule has 1 aliphatic carbocycles. The predicted molar refractivity (Wildman–Crippen MR) is 55.9 cm³/mol. The molecule has 0 fully saturated rings. The first-order chi connectivity index (χ1) is 6.18. The highest BCUT2D eigenvalue weighted by atomic mass is 35.5. The molecule has 2 rings (SSSR count). The minimum absolute atomic E-state index is 0.195. The third-order valence-electron chi connectivity index (χ3n) is 2.95. The van der Waals surface area contributed by atoms with Gasteiger partial charge >= 0.3 is 0 Å². The van der Waals surface area contributed by atoms with Crippen LogP contribution in [-0.2, 0) is 6.42 Å². The lowest BCUT2D eigenvalue weighted by Gasteiger charge is -2.28. The van der Waals surface area contributed by atoms with Crippen molar-refractivity contribution >= 4 is 11.6 Å². The molecule has 1 aromatic rings. The topological polar surface area (TPSA) is 26.0 Å². The fourth-order valence-corrected chi connectivity index (χ4v) is 2.18. The molecule has 1 nitrogen and oxygen atoms in total. The second kappa shape index (κ2) is 3.32. The van der Waals surface area contributed by atoms with E-state index >= 15 is 0 Å². The summed E-state index contributed by atoms with van der Waals surface area (Å²) in [6, 6.07) is 6.24. The van der Waals surface area contributed by atoms with Gasteiger partial charge in [-0.15, -0.1) is 0 Å². The highest BCUT2D eigenvalue weighted by Crippen LogP contribution is 2.33. The van der Waals surface area contributed by atoms with E-state index < -0.39 is 0 Å². The van der Waals surface area contributed by atoms with Crippen molar-refractivity contribution in [1.29, 1.82) is 0 Å². The van der Waals surface area contributed by atoms with Crippen LogP contribution in [-0.4, -0.2) is 0 Å². The Hall–Kier alpha value is -0.530. The molecule has 2 atom stereocenters. The average Bonchev–Trinajstić information content (AvgIpc) is 2.12. The van der Waals surface area contributed by atoms with E-state index in [1.54, 1.807) is 0 Å². The SMILES string of the molecule is CC1CCc2cc(Cl)ccc2[C@@H]1N. The number of hydrogen-bond acceptors (Lipinski definition) is 1. The molecule has 0 bridgehead atoms. The van der Waals surface area contributed by atoms with E-state index in [0.29, 0.717) is 5.92 Å². The normalized spacial score (nSPS) is 27.0. The Labute approximate surface area is 83.9 Å². The van der Waals surface area contributed by atoms with Crippen LogP contribution < -0.4 is 5.73 Å². The second-order valence-electron chi connectivity index (χ2n) is 3.88. The maximum atomic E-state index is 6.10. The van der Waals surface area contributed by atoms with Crippen LogP contribution in [0.2, 0.25) is 5.02 Å². The lowest BCUT2D eigenvalue weighted by Crippen LogP contribution is -2.25. The lowest BCUT2D eigenvalue weighted by molar-refractivity contribution is 0.412. The molecule has 0 radical (unpaired) electrons. The summed E-state index contributed by atoms with van der Waals surface area (Å²) in [6.07, 6.45) is 2.29. The van der Waals surface area contributed by atoms with Crippen molar-refractivity contribution in [2.75, 3.05) is 0 Å². The molecular weight excluding hydrogens is 182 g/mol. The number of benzene rings is 1. The van der Waals surface area contributed by atoms with Gasteiger partial charge in [-0.05, 0) is 42.0 Å². The van der Waals surface area contributed by atoms with Crippen LogP contribution >= 0.6 is 11.6 Å². The maximum absolute atomic E-state index is 6.10. The third-order valence-corrected chi connectivity index (χ3v) is 3.18. The Morgan fingerprint density at radius 1 is 1.46 bits per heavy atom. The Bertz CT molecular complexity index is 322. The van der Waals surface area contributed by atoms with E-state index in [4.69, 9.17) is 17.3 Å². The minimum atomic E-state index is 0.195. The van der Waals surface area contributed by atoms with Crippen molar-refractivity contribution in [3.05, 3.63) is 34.3 Å². The van der Waals surface area contributed by atoms with Crippen LogP contribution in [0, 0.1) is 5.92 Å². The van der Waals surface area contributed by atoms with Crippen molar-refractivity contribution in [2.24, 2.45) is 11.7 Å². The van der Waals surface area contributed by atoms with Gasteiger partial charge in [0, 0.05) is 11.1 Å². The summed E-state index contributed by atoms with van der Waals surface area (Å²) in [5.41, 5.74) is 8.71. The van der Waals surface area contributed by atoms with Crippen molar-refractivity contribution in [2.45, 2.75) is 25.8 Å². The van der Waals surface area contributed by atoms with Crippen molar-refractivity contribution in [1.82, 2.24) is 0 Å². The molecule has 0 spiro atoms. The van der Waals surface area contributed by atoms with Crippen LogP contribution in [0.4, 0.5) is 0 Å². The predicted octanol–water partition coefficient (Wildman–Crippen LogP) is 2.92. The number of halogens is 1. The molecule has 13 heavy (non-hydrogen) atoms. The zero-order valence-electron chi connectivity index (χ0n) is 7.76. The Morgan fingerprint density at radius 3 is 3.00 bits per heavy atom. The van der Waals surface area contributed by atoms with Gasteiger partial charge in [-0.3, -0.25) is 0 Å². The van der Waals surface area contributed by atoms with Crippen LogP contribution in [0.15, 0.2) is 18.2 Å². The van der Waals surface area contributed by atoms with Gasteiger partial charge < -0.3 is 5.73 Å². The highest BCUT2D eigenvalue weighted by Gasteiger charge is 2.22. The molecule has 2 heteroatoms. The summed E-state index contributed by atoms with van der Waals surface area (Å²) < 4.78 is 0. The summed E-state index contributed by atoms with van der Waals surface area (Å²) in [5.74, 6) is 0.591. The molecule has 2 N–H and O–H groups in total. The van der Waals surface area contributed by atoms with Gasteiger partial charge in [0.15, 0.2) is 0 Å². The zero-order chi connectivity index (χ0) is 9.42. The molecule has 0 saturated heterocycles. The van der Waals surface area contributed by atoms with Gasteiger partial charge in [0.1, 0.15) is 0 Å². The van der Waals surface area contributed by atoms with E-state index in [1.165, 1.54) is 17.5 Å². The van der Waals surface area contributed by atoms with Gasteiger partial charge in [0.2, 0.25) is 0 Å². The molecule has 0 amide bonds. The Balaban J connectivity index is 2.44. The molecule has 1 aliphatic rings. The van der Waals surface area contributed by atoms with Crippen LogP contribution in [0.25, 0.3) is 0 Å². The van der Waals surface area contributed by atoms with Gasteiger partial charge in [0.25, 0.3) is 0 Å². The molecular formula is C11H14ClN. The first-order valence-electron chi connectivity index (χ1n) is 4.72. The molecule has 0 aliphatic heterocycles. The van der Waals surface area contributed by atoms with Crippen molar-refractivity contribution in [3.8, 4) is 0 Å². The average molecular weight is 196 g/mol. The van der Waals surface area contributed by atoms with E-state index in [2.05, 4.69) is 13.0 Å². The molecule has 0 saturated carbocycles. The number of rotatable bonds is 0. The molecule has 70 valence electrons. The standard InChI is InChI=1S/C11H14ClN/c1-7-2-3-8-6-9(12)4-5-10(8)11(7)13/h4-7,11H,2-3,13H2,1H3/t7?,11-/m1/s1. The molecule has 0 aromatic heterocycles. The number of hydrogen-bond donors (Lipinski definition) is 1. The smallest absolute Gasteiger partial charge is 0.0408 e. The van der Waals surface area contributed by atoms with Crippen LogP contribution in [0.5, 0.6) is 0 Å².